The quantitative estimate of drug-likeness (QED) is 0.891. The van der Waals surface area contributed by atoms with Crippen LogP contribution >= 0.6 is 11.8 Å². The fourth-order valence-electron chi connectivity index (χ4n) is 1.48. The van der Waals surface area contributed by atoms with Crippen LogP contribution in [0.5, 0.6) is 5.88 Å². The van der Waals surface area contributed by atoms with Crippen molar-refractivity contribution in [3.05, 3.63) is 23.9 Å². The molecule has 1 atom stereocenters. The average molecular weight is 251 g/mol. The first-order valence-electron chi connectivity index (χ1n) is 5.68. The van der Waals surface area contributed by atoms with E-state index in [2.05, 4.69) is 22.2 Å². The number of thioether (sulfide) groups is 1. The predicted octanol–water partition coefficient (Wildman–Crippen LogP) is 1.92. The van der Waals surface area contributed by atoms with Crippen molar-refractivity contribution in [3.8, 4) is 5.88 Å². The minimum absolute atomic E-state index is 0.645. The summed E-state index contributed by atoms with van der Waals surface area (Å²) in [6.07, 6.45) is 1.82. The Morgan fingerprint density at radius 3 is 3.00 bits per heavy atom. The van der Waals surface area contributed by atoms with Gasteiger partial charge in [0.1, 0.15) is 0 Å². The second-order valence-electron chi connectivity index (χ2n) is 4.12. The molecule has 1 aromatic heterocycles. The molecular weight excluding hydrogens is 234 g/mol. The van der Waals surface area contributed by atoms with Gasteiger partial charge >= 0.3 is 0 Å². The highest BCUT2D eigenvalue weighted by atomic mass is 32.2. The van der Waals surface area contributed by atoms with Gasteiger partial charge in [0, 0.05) is 31.1 Å². The molecule has 2 rings (SSSR count). The van der Waals surface area contributed by atoms with E-state index in [1.54, 1.807) is 18.9 Å². The maximum atomic E-state index is 5.02. The lowest BCUT2D eigenvalue weighted by Crippen LogP contribution is -2.25. The van der Waals surface area contributed by atoms with Crippen molar-refractivity contribution in [2.45, 2.75) is 13.5 Å². The summed E-state index contributed by atoms with van der Waals surface area (Å²) >= 11 is 1.79. The van der Waals surface area contributed by atoms with Crippen LogP contribution in [0.4, 0.5) is 0 Å². The van der Waals surface area contributed by atoms with Crippen molar-refractivity contribution < 1.29 is 4.74 Å². The van der Waals surface area contributed by atoms with Gasteiger partial charge in [-0.1, -0.05) is 24.8 Å². The lowest BCUT2D eigenvalue weighted by molar-refractivity contribution is 0.397. The van der Waals surface area contributed by atoms with Crippen LogP contribution in [0.15, 0.2) is 23.3 Å². The Labute approximate surface area is 106 Å². The standard InChI is InChI=1S/C12H17N3OS/c1-9-5-14-12(17-8-9)15-7-10-3-4-11(16-2)13-6-10/h3-4,6,9H,5,7-8H2,1-2H3,(H,14,15). The Morgan fingerprint density at radius 1 is 1.53 bits per heavy atom. The zero-order chi connectivity index (χ0) is 12.1. The van der Waals surface area contributed by atoms with Crippen LogP contribution in [0.2, 0.25) is 0 Å². The average Bonchev–Trinajstić information content (AvgIpc) is 2.39. The molecule has 92 valence electrons. The molecule has 17 heavy (non-hydrogen) atoms. The van der Waals surface area contributed by atoms with E-state index in [9.17, 15) is 0 Å². The SMILES string of the molecule is COc1ccc(CNC2=NCC(C)CS2)cn1. The van der Waals surface area contributed by atoms with Gasteiger partial charge in [-0.25, -0.2) is 4.98 Å². The monoisotopic (exact) mass is 251 g/mol. The highest BCUT2D eigenvalue weighted by Crippen LogP contribution is 2.16. The molecule has 1 N–H and O–H groups in total. The maximum Gasteiger partial charge on any atom is 0.212 e. The van der Waals surface area contributed by atoms with Gasteiger partial charge in [0.2, 0.25) is 5.88 Å². The number of rotatable bonds is 3. The van der Waals surface area contributed by atoms with Crippen LogP contribution in [0.25, 0.3) is 0 Å². The van der Waals surface area contributed by atoms with Crippen LogP contribution in [-0.2, 0) is 6.54 Å². The topological polar surface area (TPSA) is 46.5 Å². The molecule has 5 heteroatoms. The van der Waals surface area contributed by atoms with Crippen LogP contribution in [-0.4, -0.2) is 29.6 Å². The Kier molecular flexibility index (Phi) is 4.25. The molecule has 4 nitrogen and oxygen atoms in total. The van der Waals surface area contributed by atoms with E-state index in [0.717, 1.165) is 29.6 Å². The molecule has 0 aliphatic carbocycles. The molecule has 1 aliphatic heterocycles. The second-order valence-corrected chi connectivity index (χ2v) is 5.13. The summed E-state index contributed by atoms with van der Waals surface area (Å²) in [6.45, 7) is 3.91. The highest BCUT2D eigenvalue weighted by molar-refractivity contribution is 8.13. The minimum Gasteiger partial charge on any atom is -0.481 e. The van der Waals surface area contributed by atoms with Crippen LogP contribution in [0.1, 0.15) is 12.5 Å². The summed E-state index contributed by atoms with van der Waals surface area (Å²) in [5.74, 6) is 2.48. The molecule has 0 spiro atoms. The number of pyridine rings is 1. The Balaban J connectivity index is 1.85. The molecule has 0 saturated carbocycles. The number of nitrogens with one attached hydrogen (secondary N) is 1. The molecule has 0 saturated heterocycles. The molecule has 1 unspecified atom stereocenters. The van der Waals surface area contributed by atoms with Crippen molar-refractivity contribution in [3.63, 3.8) is 0 Å². The summed E-state index contributed by atoms with van der Waals surface area (Å²) in [5.41, 5.74) is 1.13. The van der Waals surface area contributed by atoms with E-state index < -0.39 is 0 Å². The summed E-state index contributed by atoms with van der Waals surface area (Å²) < 4.78 is 5.02. The molecule has 0 aromatic carbocycles. The summed E-state index contributed by atoms with van der Waals surface area (Å²) in [7, 11) is 1.62. The predicted molar refractivity (Wildman–Crippen MR) is 71.6 cm³/mol. The van der Waals surface area contributed by atoms with Gasteiger partial charge in [0.25, 0.3) is 0 Å². The molecule has 0 amide bonds. The first-order valence-corrected chi connectivity index (χ1v) is 6.66. The Hall–Kier alpha value is -1.23. The largest absolute Gasteiger partial charge is 0.481 e. The molecule has 2 heterocycles. The number of aliphatic imine (C=N–C) groups is 1. The number of hydrogen-bond donors (Lipinski definition) is 1. The van der Waals surface area contributed by atoms with Crippen molar-refractivity contribution in [1.82, 2.24) is 10.3 Å². The molecule has 1 aliphatic rings. The normalized spacial score (nSPS) is 19.6. The summed E-state index contributed by atoms with van der Waals surface area (Å²) in [4.78, 5) is 8.65. The molecule has 1 aromatic rings. The van der Waals surface area contributed by atoms with Crippen LogP contribution in [0, 0.1) is 5.92 Å². The number of aromatic nitrogens is 1. The van der Waals surface area contributed by atoms with Crippen LogP contribution < -0.4 is 10.1 Å². The second kappa shape index (κ2) is 5.91. The lowest BCUT2D eigenvalue weighted by Gasteiger charge is -2.17. The third kappa shape index (κ3) is 3.63. The zero-order valence-corrected chi connectivity index (χ0v) is 11.0. The van der Waals surface area contributed by atoms with Gasteiger partial charge in [-0.05, 0) is 11.5 Å². The number of nitrogens with zero attached hydrogens (tertiary/aromatic N) is 2. The number of hydrogen-bond acceptors (Lipinski definition) is 5. The molecule has 0 fully saturated rings. The van der Waals surface area contributed by atoms with E-state index in [0.29, 0.717) is 11.8 Å². The Bertz CT molecular complexity index is 391. The fraction of sp³-hybridized carbons (Fsp3) is 0.500. The van der Waals surface area contributed by atoms with E-state index in [1.165, 1.54) is 0 Å². The molecule has 0 radical (unpaired) electrons. The highest BCUT2D eigenvalue weighted by Gasteiger charge is 2.11. The van der Waals surface area contributed by atoms with Gasteiger partial charge in [-0.15, -0.1) is 0 Å². The van der Waals surface area contributed by atoms with Gasteiger partial charge < -0.3 is 10.1 Å². The number of ether oxygens (including phenoxy) is 1. The number of amidine groups is 1. The number of methoxy groups -OCH3 is 1. The van der Waals surface area contributed by atoms with Gasteiger partial charge in [0.15, 0.2) is 5.17 Å². The van der Waals surface area contributed by atoms with Crippen molar-refractivity contribution >= 4 is 16.9 Å². The van der Waals surface area contributed by atoms with E-state index in [-0.39, 0.29) is 0 Å². The van der Waals surface area contributed by atoms with Gasteiger partial charge in [-0.3, -0.25) is 4.99 Å². The van der Waals surface area contributed by atoms with E-state index in [4.69, 9.17) is 4.74 Å². The first kappa shape index (κ1) is 12.2. The van der Waals surface area contributed by atoms with Crippen LogP contribution in [0.3, 0.4) is 0 Å². The summed E-state index contributed by atoms with van der Waals surface area (Å²) in [5, 5.41) is 4.37. The minimum atomic E-state index is 0.645. The van der Waals surface area contributed by atoms with Crippen molar-refractivity contribution in [2.24, 2.45) is 10.9 Å². The fourth-order valence-corrected chi connectivity index (χ4v) is 2.37. The Morgan fingerprint density at radius 2 is 2.41 bits per heavy atom. The van der Waals surface area contributed by atoms with Gasteiger partial charge in [0.05, 0.1) is 7.11 Å². The van der Waals surface area contributed by atoms with Crippen molar-refractivity contribution in [1.29, 1.82) is 0 Å². The third-order valence-corrected chi connectivity index (χ3v) is 3.78. The zero-order valence-electron chi connectivity index (χ0n) is 10.1. The lowest BCUT2D eigenvalue weighted by atomic mass is 10.2. The van der Waals surface area contributed by atoms with Crippen molar-refractivity contribution in [2.75, 3.05) is 19.4 Å². The molecule has 0 bridgehead atoms. The maximum absolute atomic E-state index is 5.02. The first-order chi connectivity index (χ1) is 8.28. The van der Waals surface area contributed by atoms with Gasteiger partial charge in [-0.2, -0.15) is 0 Å². The smallest absolute Gasteiger partial charge is 0.212 e. The molecular formula is C12H17N3OS. The third-order valence-electron chi connectivity index (χ3n) is 2.50. The van der Waals surface area contributed by atoms with E-state index in [1.807, 2.05) is 18.3 Å². The van der Waals surface area contributed by atoms with E-state index >= 15 is 0 Å². The summed E-state index contributed by atoms with van der Waals surface area (Å²) in [6, 6.07) is 3.88.